The molecule has 0 atom stereocenters. The summed E-state index contributed by atoms with van der Waals surface area (Å²) in [6.07, 6.45) is 1.34. The number of anilines is 1. The first-order chi connectivity index (χ1) is 14.0. The van der Waals surface area contributed by atoms with Gasteiger partial charge in [-0.1, -0.05) is 41.4 Å². The second-order valence-corrected chi connectivity index (χ2v) is 6.63. The van der Waals surface area contributed by atoms with E-state index < -0.39 is 11.9 Å². The predicted octanol–water partition coefficient (Wildman–Crippen LogP) is 4.37. The first-order valence-corrected chi connectivity index (χ1v) is 9.43. The molecule has 0 radical (unpaired) electrons. The van der Waals surface area contributed by atoms with Crippen molar-refractivity contribution in [1.29, 1.82) is 0 Å². The van der Waals surface area contributed by atoms with Crippen molar-refractivity contribution in [3.63, 3.8) is 0 Å². The molecular weight excluding hydrogens is 417 g/mol. The second kappa shape index (κ2) is 9.45. The Kier molecular flexibility index (Phi) is 6.74. The van der Waals surface area contributed by atoms with Gasteiger partial charge in [0.15, 0.2) is 12.4 Å². The van der Waals surface area contributed by atoms with Crippen molar-refractivity contribution >= 4 is 40.9 Å². The third kappa shape index (κ3) is 5.07. The molecule has 2 aromatic carbocycles. The number of benzene rings is 2. The summed E-state index contributed by atoms with van der Waals surface area (Å²) in [5.41, 5.74) is 0.800. The Balaban J connectivity index is 1.81. The molecule has 1 aromatic heterocycles. The number of carbonyl (C=O) groups excluding carboxylic acids is 2. The second-order valence-electron chi connectivity index (χ2n) is 5.79. The van der Waals surface area contributed by atoms with Gasteiger partial charge in [0, 0.05) is 5.02 Å². The van der Waals surface area contributed by atoms with Crippen molar-refractivity contribution < 1.29 is 19.1 Å². The highest BCUT2D eigenvalue weighted by Gasteiger charge is 2.21. The number of amides is 1. The molecule has 9 heteroatoms. The molecule has 0 saturated carbocycles. The number of carbonyl (C=O) groups is 2. The van der Waals surface area contributed by atoms with Crippen LogP contribution in [0.2, 0.25) is 10.0 Å². The summed E-state index contributed by atoms with van der Waals surface area (Å²) >= 11 is 11.9. The van der Waals surface area contributed by atoms with Crippen LogP contribution in [-0.2, 0) is 9.53 Å². The van der Waals surface area contributed by atoms with Crippen molar-refractivity contribution in [2.75, 3.05) is 18.5 Å². The number of nitrogens with one attached hydrogen (secondary N) is 1. The van der Waals surface area contributed by atoms with Gasteiger partial charge < -0.3 is 14.8 Å². The van der Waals surface area contributed by atoms with Crippen LogP contribution in [-0.4, -0.2) is 34.9 Å². The lowest BCUT2D eigenvalue weighted by molar-refractivity contribution is -0.118. The smallest absolute Gasteiger partial charge is 0.343 e. The van der Waals surface area contributed by atoms with Crippen LogP contribution in [0.1, 0.15) is 17.3 Å². The molecule has 7 nitrogen and oxygen atoms in total. The van der Waals surface area contributed by atoms with Crippen LogP contribution in [0.5, 0.6) is 5.75 Å². The van der Waals surface area contributed by atoms with Gasteiger partial charge in [-0.2, -0.15) is 5.10 Å². The topological polar surface area (TPSA) is 82.5 Å². The van der Waals surface area contributed by atoms with Gasteiger partial charge in [0.1, 0.15) is 11.3 Å². The molecule has 0 aliphatic rings. The Morgan fingerprint density at radius 3 is 2.59 bits per heavy atom. The molecule has 1 heterocycles. The van der Waals surface area contributed by atoms with E-state index in [1.54, 1.807) is 31.2 Å². The Morgan fingerprint density at radius 1 is 1.14 bits per heavy atom. The number of rotatable bonds is 7. The molecule has 0 saturated heterocycles. The fourth-order valence-corrected chi connectivity index (χ4v) is 2.96. The fourth-order valence-electron chi connectivity index (χ4n) is 2.50. The van der Waals surface area contributed by atoms with Crippen LogP contribution < -0.4 is 10.1 Å². The van der Waals surface area contributed by atoms with Crippen molar-refractivity contribution in [2.24, 2.45) is 0 Å². The Labute approximate surface area is 177 Å². The monoisotopic (exact) mass is 433 g/mol. The van der Waals surface area contributed by atoms with Gasteiger partial charge in [-0.25, -0.2) is 9.48 Å². The average molecular weight is 434 g/mol. The molecule has 29 heavy (non-hydrogen) atoms. The lowest BCUT2D eigenvalue weighted by Gasteiger charge is -2.12. The minimum atomic E-state index is -0.591. The number of ether oxygens (including phenoxy) is 2. The van der Waals surface area contributed by atoms with Gasteiger partial charge in [0.2, 0.25) is 0 Å². The molecule has 0 bridgehead atoms. The van der Waals surface area contributed by atoms with Gasteiger partial charge in [-0.3, -0.25) is 4.79 Å². The van der Waals surface area contributed by atoms with Crippen LogP contribution in [0.3, 0.4) is 0 Å². The third-order valence-electron chi connectivity index (χ3n) is 3.78. The number of hydrogen-bond acceptors (Lipinski definition) is 5. The first-order valence-electron chi connectivity index (χ1n) is 8.68. The van der Waals surface area contributed by atoms with Crippen LogP contribution in [0.15, 0.2) is 54.7 Å². The molecule has 1 N–H and O–H groups in total. The summed E-state index contributed by atoms with van der Waals surface area (Å²) in [6, 6.07) is 13.8. The largest absolute Gasteiger partial charge is 0.482 e. The lowest BCUT2D eigenvalue weighted by Crippen LogP contribution is -2.23. The lowest BCUT2D eigenvalue weighted by atomic mass is 10.3. The number of aromatic nitrogens is 2. The van der Waals surface area contributed by atoms with Crippen molar-refractivity contribution in [3.05, 3.63) is 70.3 Å². The summed E-state index contributed by atoms with van der Waals surface area (Å²) in [5, 5.41) is 7.61. The van der Waals surface area contributed by atoms with E-state index in [0.717, 1.165) is 0 Å². The van der Waals surface area contributed by atoms with Crippen LogP contribution >= 0.6 is 23.2 Å². The quantitative estimate of drug-likeness (QED) is 0.559. The van der Waals surface area contributed by atoms with E-state index in [1.165, 1.54) is 16.9 Å². The number of nitrogens with zero attached hydrogens (tertiary/aromatic N) is 2. The van der Waals surface area contributed by atoms with Gasteiger partial charge in [0.05, 0.1) is 23.5 Å². The summed E-state index contributed by atoms with van der Waals surface area (Å²) in [5.74, 6) is -0.593. The molecule has 0 unspecified atom stereocenters. The highest BCUT2D eigenvalue weighted by atomic mass is 35.5. The zero-order chi connectivity index (χ0) is 20.8. The molecule has 0 aliphatic heterocycles. The summed E-state index contributed by atoms with van der Waals surface area (Å²) < 4.78 is 11.9. The maximum atomic E-state index is 12.5. The van der Waals surface area contributed by atoms with Gasteiger partial charge in [-0.15, -0.1) is 0 Å². The SMILES string of the molecule is CCOC(=O)c1cnn(-c2ccccc2)c1NC(=O)COc1ccc(Cl)cc1Cl. The van der Waals surface area contributed by atoms with Crippen molar-refractivity contribution in [2.45, 2.75) is 6.92 Å². The maximum Gasteiger partial charge on any atom is 0.343 e. The normalized spacial score (nSPS) is 10.4. The number of hydrogen-bond donors (Lipinski definition) is 1. The number of esters is 1. The van der Waals surface area contributed by atoms with E-state index in [4.69, 9.17) is 32.7 Å². The molecule has 0 aliphatic carbocycles. The summed E-state index contributed by atoms with van der Waals surface area (Å²) in [7, 11) is 0. The van der Waals surface area contributed by atoms with Gasteiger partial charge in [-0.05, 0) is 37.3 Å². The van der Waals surface area contributed by atoms with E-state index in [1.807, 2.05) is 18.2 Å². The first kappa shape index (κ1) is 20.7. The molecule has 3 rings (SSSR count). The molecule has 150 valence electrons. The van der Waals surface area contributed by atoms with Gasteiger partial charge in [0.25, 0.3) is 5.91 Å². The molecule has 0 spiro atoms. The number of para-hydroxylation sites is 1. The summed E-state index contributed by atoms with van der Waals surface area (Å²) in [6.45, 7) is 1.56. The van der Waals surface area contributed by atoms with Crippen LogP contribution in [0.4, 0.5) is 5.82 Å². The fraction of sp³-hybridized carbons (Fsp3) is 0.150. The minimum absolute atomic E-state index is 0.133. The highest BCUT2D eigenvalue weighted by molar-refractivity contribution is 6.35. The predicted molar refractivity (Wildman–Crippen MR) is 110 cm³/mol. The molecular formula is C20H17Cl2N3O4. The number of halogens is 2. The molecule has 3 aromatic rings. The zero-order valence-corrected chi connectivity index (χ0v) is 16.9. The van der Waals surface area contributed by atoms with Crippen LogP contribution in [0.25, 0.3) is 5.69 Å². The molecule has 0 fully saturated rings. The molecule has 1 amide bonds. The van der Waals surface area contributed by atoms with E-state index in [-0.39, 0.29) is 29.6 Å². The zero-order valence-electron chi connectivity index (χ0n) is 15.4. The summed E-state index contributed by atoms with van der Waals surface area (Å²) in [4.78, 5) is 24.7. The Bertz CT molecular complexity index is 1020. The maximum absolute atomic E-state index is 12.5. The third-order valence-corrected chi connectivity index (χ3v) is 4.31. The minimum Gasteiger partial charge on any atom is -0.482 e. The van der Waals surface area contributed by atoms with Crippen molar-refractivity contribution in [1.82, 2.24) is 9.78 Å². The van der Waals surface area contributed by atoms with E-state index in [0.29, 0.717) is 16.5 Å². The average Bonchev–Trinajstić information content (AvgIpc) is 3.11. The Morgan fingerprint density at radius 2 is 1.90 bits per heavy atom. The van der Waals surface area contributed by atoms with E-state index in [9.17, 15) is 9.59 Å². The Hall–Kier alpha value is -3.03. The van der Waals surface area contributed by atoms with Crippen LogP contribution in [0, 0.1) is 0 Å². The highest BCUT2D eigenvalue weighted by Crippen LogP contribution is 2.27. The van der Waals surface area contributed by atoms with Crippen molar-refractivity contribution in [3.8, 4) is 11.4 Å². The van der Waals surface area contributed by atoms with Gasteiger partial charge >= 0.3 is 5.97 Å². The standard InChI is InChI=1S/C20H17Cl2N3O4/c1-2-28-20(27)15-11-23-25(14-6-4-3-5-7-14)19(15)24-18(26)12-29-17-9-8-13(21)10-16(17)22/h3-11H,2,12H2,1H3,(H,24,26). The van der Waals surface area contributed by atoms with E-state index >= 15 is 0 Å². The van der Waals surface area contributed by atoms with E-state index in [2.05, 4.69) is 10.4 Å².